The molecular formula is C8H18NP. The second-order valence-corrected chi connectivity index (χ2v) is 8.67. The monoisotopic (exact) mass is 159 g/mol. The summed E-state index contributed by atoms with van der Waals surface area (Å²) in [5.74, 6) is 0. The number of rotatable bonds is 2. The number of nitrogens with zero attached hydrogens (tertiary/aromatic N) is 1. The molecule has 0 saturated heterocycles. The van der Waals surface area contributed by atoms with E-state index in [1.165, 1.54) is 5.45 Å². The van der Waals surface area contributed by atoms with E-state index in [2.05, 4.69) is 31.9 Å². The maximum absolute atomic E-state index is 4.31. The predicted octanol–water partition coefficient (Wildman–Crippen LogP) is 2.58. The minimum atomic E-state index is -1.10. The van der Waals surface area contributed by atoms with Gasteiger partial charge in [-0.3, -0.25) is 0 Å². The summed E-state index contributed by atoms with van der Waals surface area (Å²) < 4.78 is 0. The van der Waals surface area contributed by atoms with Crippen LogP contribution in [0.1, 0.15) is 13.8 Å². The maximum atomic E-state index is 4.31. The van der Waals surface area contributed by atoms with Gasteiger partial charge in [0.1, 0.15) is 0 Å². The van der Waals surface area contributed by atoms with E-state index in [0.29, 0.717) is 0 Å². The van der Waals surface area contributed by atoms with E-state index < -0.39 is 7.26 Å². The fraction of sp³-hybridized carbons (Fsp3) is 0.625. The van der Waals surface area contributed by atoms with Gasteiger partial charge < -0.3 is 0 Å². The summed E-state index contributed by atoms with van der Waals surface area (Å²) in [6.45, 7) is 11.0. The van der Waals surface area contributed by atoms with Gasteiger partial charge in [-0.2, -0.15) is 0 Å². The molecule has 0 heterocycles. The molecule has 2 heteroatoms. The van der Waals surface area contributed by atoms with Crippen LogP contribution in [-0.2, 0) is 0 Å². The second-order valence-electron chi connectivity index (χ2n) is 3.45. The number of hydrogen-bond donors (Lipinski definition) is 0. The van der Waals surface area contributed by atoms with E-state index >= 15 is 0 Å². The van der Waals surface area contributed by atoms with E-state index in [9.17, 15) is 0 Å². The Morgan fingerprint density at radius 1 is 1.30 bits per heavy atom. The van der Waals surface area contributed by atoms with Crippen LogP contribution >= 0.6 is 7.26 Å². The molecule has 1 nitrogen and oxygen atoms in total. The van der Waals surface area contributed by atoms with Gasteiger partial charge >= 0.3 is 63.8 Å². The first-order valence-electron chi connectivity index (χ1n) is 3.64. The molecule has 0 aromatic heterocycles. The third-order valence-electron chi connectivity index (χ3n) is 1.50. The fourth-order valence-electron chi connectivity index (χ4n) is 0.380. The SMILES string of the molecule is C/C=C\N=C(/C)[PH](C)(C)C. The predicted molar refractivity (Wildman–Crippen MR) is 54.0 cm³/mol. The Morgan fingerprint density at radius 2 is 1.80 bits per heavy atom. The summed E-state index contributed by atoms with van der Waals surface area (Å²) in [5.41, 5.74) is 1.31. The van der Waals surface area contributed by atoms with Crippen LogP contribution in [0.25, 0.3) is 0 Å². The zero-order valence-corrected chi connectivity index (χ0v) is 8.60. The second kappa shape index (κ2) is 3.88. The summed E-state index contributed by atoms with van der Waals surface area (Å²) in [6.07, 6.45) is 3.83. The van der Waals surface area contributed by atoms with Crippen LogP contribution in [-0.4, -0.2) is 25.4 Å². The number of aliphatic imine (C=N–C) groups is 1. The van der Waals surface area contributed by atoms with E-state index in [1.807, 2.05) is 19.2 Å². The molecule has 0 radical (unpaired) electrons. The van der Waals surface area contributed by atoms with Crippen LogP contribution in [0.4, 0.5) is 0 Å². The van der Waals surface area contributed by atoms with Crippen LogP contribution in [0.5, 0.6) is 0 Å². The van der Waals surface area contributed by atoms with Gasteiger partial charge in [0.2, 0.25) is 0 Å². The van der Waals surface area contributed by atoms with Crippen molar-refractivity contribution in [1.82, 2.24) is 0 Å². The van der Waals surface area contributed by atoms with Gasteiger partial charge in [0.05, 0.1) is 0 Å². The Balaban J connectivity index is 4.20. The van der Waals surface area contributed by atoms with Crippen LogP contribution in [0.15, 0.2) is 17.3 Å². The molecule has 0 saturated carbocycles. The Kier molecular flexibility index (Phi) is 3.81. The molecule has 0 N–H and O–H groups in total. The Labute approximate surface area is 64.6 Å². The first-order valence-corrected chi connectivity index (χ1v) is 7.14. The normalized spacial score (nSPS) is 16.3. The summed E-state index contributed by atoms with van der Waals surface area (Å²) in [4.78, 5) is 4.31. The molecule has 0 rings (SSSR count). The zero-order valence-electron chi connectivity index (χ0n) is 7.60. The average Bonchev–Trinajstić information content (AvgIpc) is 1.80. The Morgan fingerprint density at radius 3 is 2.10 bits per heavy atom. The summed E-state index contributed by atoms with van der Waals surface area (Å²) in [5, 5.41) is 0. The van der Waals surface area contributed by atoms with E-state index in [4.69, 9.17) is 0 Å². The molecule has 0 fully saturated rings. The minimum absolute atomic E-state index is 1.10. The van der Waals surface area contributed by atoms with Crippen molar-refractivity contribution in [3.8, 4) is 0 Å². The van der Waals surface area contributed by atoms with Crippen molar-refractivity contribution in [3.63, 3.8) is 0 Å². The molecule has 0 aliphatic carbocycles. The number of allylic oxidation sites excluding steroid dienone is 1. The zero-order chi connectivity index (χ0) is 8.20. The van der Waals surface area contributed by atoms with Crippen molar-refractivity contribution >= 4 is 12.7 Å². The van der Waals surface area contributed by atoms with Crippen molar-refractivity contribution in [2.45, 2.75) is 13.8 Å². The first-order chi connectivity index (χ1) is 4.48. The van der Waals surface area contributed by atoms with Crippen LogP contribution < -0.4 is 0 Å². The van der Waals surface area contributed by atoms with Crippen LogP contribution in [0.3, 0.4) is 0 Å². The van der Waals surface area contributed by atoms with Gasteiger partial charge in [0, 0.05) is 0 Å². The molecule has 0 unspecified atom stereocenters. The molecule has 0 spiro atoms. The molecule has 0 aliphatic heterocycles. The molecular weight excluding hydrogens is 141 g/mol. The summed E-state index contributed by atoms with van der Waals surface area (Å²) in [7, 11) is -1.10. The van der Waals surface area contributed by atoms with Crippen LogP contribution in [0, 0.1) is 0 Å². The molecule has 0 atom stereocenters. The third kappa shape index (κ3) is 3.79. The van der Waals surface area contributed by atoms with Crippen molar-refractivity contribution in [3.05, 3.63) is 12.3 Å². The molecule has 10 heavy (non-hydrogen) atoms. The van der Waals surface area contributed by atoms with Crippen molar-refractivity contribution in [1.29, 1.82) is 0 Å². The molecule has 0 amide bonds. The van der Waals surface area contributed by atoms with Crippen molar-refractivity contribution in [2.24, 2.45) is 4.99 Å². The van der Waals surface area contributed by atoms with Crippen molar-refractivity contribution in [2.75, 3.05) is 20.0 Å². The van der Waals surface area contributed by atoms with Crippen molar-refractivity contribution < 1.29 is 0 Å². The quantitative estimate of drug-likeness (QED) is 0.434. The molecule has 0 aliphatic rings. The van der Waals surface area contributed by atoms with Gasteiger partial charge in [-0.1, -0.05) is 0 Å². The average molecular weight is 159 g/mol. The van der Waals surface area contributed by atoms with Gasteiger partial charge in [-0.15, -0.1) is 0 Å². The topological polar surface area (TPSA) is 12.4 Å². The summed E-state index contributed by atoms with van der Waals surface area (Å²) >= 11 is 0. The fourth-order valence-corrected chi connectivity index (χ4v) is 0.842. The first kappa shape index (κ1) is 9.84. The van der Waals surface area contributed by atoms with Crippen LogP contribution in [0.2, 0.25) is 0 Å². The van der Waals surface area contributed by atoms with E-state index in [0.717, 1.165) is 0 Å². The van der Waals surface area contributed by atoms with Gasteiger partial charge in [-0.25, -0.2) is 0 Å². The molecule has 0 bridgehead atoms. The molecule has 0 aromatic carbocycles. The van der Waals surface area contributed by atoms with Gasteiger partial charge in [-0.05, 0) is 0 Å². The summed E-state index contributed by atoms with van der Waals surface area (Å²) in [6, 6.07) is 0. The Bertz CT molecular complexity index is 151. The van der Waals surface area contributed by atoms with E-state index in [-0.39, 0.29) is 0 Å². The standard InChI is InChI=1S/C8H18NP/c1-6-7-9-8(2)10(3,4)5/h6-7,10H,1-5H3/b7-6-,9-8+. The molecule has 0 aromatic rings. The number of hydrogen-bond acceptors (Lipinski definition) is 1. The van der Waals surface area contributed by atoms with Gasteiger partial charge in [0.15, 0.2) is 0 Å². The Hall–Kier alpha value is -0.160. The van der Waals surface area contributed by atoms with Gasteiger partial charge in [0.25, 0.3) is 0 Å². The van der Waals surface area contributed by atoms with E-state index in [1.54, 1.807) is 0 Å². The third-order valence-corrected chi connectivity index (χ3v) is 3.80. The molecule has 60 valence electrons.